The predicted octanol–water partition coefficient (Wildman–Crippen LogP) is 27.0. The van der Waals surface area contributed by atoms with Crippen LogP contribution in [0.25, 0.3) is 0 Å². The van der Waals surface area contributed by atoms with Crippen molar-refractivity contribution < 1.29 is 80.2 Å². The van der Waals surface area contributed by atoms with Crippen molar-refractivity contribution in [3.05, 3.63) is 0 Å². The Morgan fingerprint density at radius 3 is 0.664 bits per heavy atom. The molecule has 107 heavy (non-hydrogen) atoms. The first kappa shape index (κ1) is 105. The second-order valence-electron chi connectivity index (χ2n) is 32.1. The fourth-order valence-corrected chi connectivity index (χ4v) is 15.3. The summed E-state index contributed by atoms with van der Waals surface area (Å²) in [6.07, 6.45) is 71.9. The Morgan fingerprint density at radius 2 is 0.449 bits per heavy atom. The first-order chi connectivity index (χ1) is 51.9. The van der Waals surface area contributed by atoms with Crippen molar-refractivity contribution >= 4 is 39.5 Å². The van der Waals surface area contributed by atoms with E-state index in [2.05, 4.69) is 41.5 Å². The van der Waals surface area contributed by atoms with E-state index in [0.717, 1.165) is 102 Å². The van der Waals surface area contributed by atoms with Crippen LogP contribution in [-0.4, -0.2) is 96.7 Å². The van der Waals surface area contributed by atoms with Gasteiger partial charge in [0.05, 0.1) is 26.4 Å². The molecule has 0 fully saturated rings. The maximum Gasteiger partial charge on any atom is 0.472 e. The number of ether oxygens (including phenoxy) is 4. The average molecular weight is 1560 g/mol. The summed E-state index contributed by atoms with van der Waals surface area (Å²) in [5.74, 6) is -0.401. The van der Waals surface area contributed by atoms with Gasteiger partial charge in [0.1, 0.15) is 19.3 Å². The van der Waals surface area contributed by atoms with Gasteiger partial charge in [-0.2, -0.15) is 0 Å². The number of unbranched alkanes of at least 4 members (excludes halogenated alkanes) is 55. The summed E-state index contributed by atoms with van der Waals surface area (Å²) in [6, 6.07) is 0. The number of aliphatic hydroxyl groups excluding tert-OH is 1. The molecule has 0 saturated carbocycles. The number of phosphoric acid groups is 2. The van der Waals surface area contributed by atoms with E-state index in [1.54, 1.807) is 0 Å². The number of phosphoric ester groups is 2. The number of rotatable bonds is 87. The van der Waals surface area contributed by atoms with Crippen LogP contribution in [0.4, 0.5) is 0 Å². The SMILES string of the molecule is CCCCCCCCCCCCCCCCCCCCC(=O)O[C@H](COC(=O)CCCCCCCCCCCCCCC)COP(=O)(O)OC[C@H](O)COP(=O)(O)OC[C@@H](COC(=O)CCCCCCCCCCCCCCCCC(C)CC)OC(=O)CCCCCCCCCCCCCCCCC(C)CC. The fourth-order valence-electron chi connectivity index (χ4n) is 13.7. The third-order valence-corrected chi connectivity index (χ3v) is 23.3. The third kappa shape index (κ3) is 79.1. The zero-order valence-corrected chi connectivity index (χ0v) is 72.2. The van der Waals surface area contributed by atoms with Crippen molar-refractivity contribution in [3.63, 3.8) is 0 Å². The van der Waals surface area contributed by atoms with Crippen LogP contribution in [0, 0.1) is 11.8 Å². The zero-order chi connectivity index (χ0) is 78.5. The highest BCUT2D eigenvalue weighted by Crippen LogP contribution is 2.45. The number of carbonyl (C=O) groups is 4. The molecule has 0 aromatic carbocycles. The molecule has 0 spiro atoms. The van der Waals surface area contributed by atoms with E-state index in [1.165, 1.54) is 289 Å². The molecule has 0 aliphatic heterocycles. The lowest BCUT2D eigenvalue weighted by Gasteiger charge is -2.21. The monoisotopic (exact) mass is 1560 g/mol. The van der Waals surface area contributed by atoms with Gasteiger partial charge in [0.2, 0.25) is 0 Å². The van der Waals surface area contributed by atoms with Crippen LogP contribution in [0.2, 0.25) is 0 Å². The minimum absolute atomic E-state index is 0.108. The normalized spacial score (nSPS) is 14.3. The summed E-state index contributed by atoms with van der Waals surface area (Å²) in [7, 11) is -9.93. The smallest absolute Gasteiger partial charge is 0.462 e. The summed E-state index contributed by atoms with van der Waals surface area (Å²) in [5.41, 5.74) is 0. The molecule has 0 heterocycles. The van der Waals surface area contributed by atoms with Gasteiger partial charge in [0.15, 0.2) is 12.2 Å². The Morgan fingerprint density at radius 1 is 0.262 bits per heavy atom. The van der Waals surface area contributed by atoms with E-state index < -0.39 is 97.5 Å². The van der Waals surface area contributed by atoms with Gasteiger partial charge in [-0.15, -0.1) is 0 Å². The molecule has 17 nitrogen and oxygen atoms in total. The molecular weight excluding hydrogens is 1390 g/mol. The van der Waals surface area contributed by atoms with Crippen molar-refractivity contribution in [2.45, 2.75) is 490 Å². The quantitative estimate of drug-likeness (QED) is 0.0222. The average Bonchev–Trinajstić information content (AvgIpc) is 0.899. The molecule has 636 valence electrons. The Balaban J connectivity index is 5.27. The summed E-state index contributed by atoms with van der Waals surface area (Å²) in [4.78, 5) is 73.4. The highest BCUT2D eigenvalue weighted by Gasteiger charge is 2.31. The Labute approximate surface area is 658 Å². The van der Waals surface area contributed by atoms with Gasteiger partial charge in [-0.1, -0.05) is 420 Å². The van der Waals surface area contributed by atoms with Gasteiger partial charge in [0, 0.05) is 25.7 Å². The van der Waals surface area contributed by atoms with Crippen molar-refractivity contribution in [1.82, 2.24) is 0 Å². The van der Waals surface area contributed by atoms with Crippen molar-refractivity contribution in [2.24, 2.45) is 11.8 Å². The molecule has 7 atom stereocenters. The maximum atomic E-state index is 13.2. The highest BCUT2D eigenvalue weighted by atomic mass is 31.2. The lowest BCUT2D eigenvalue weighted by Crippen LogP contribution is -2.30. The van der Waals surface area contributed by atoms with Crippen LogP contribution in [0.1, 0.15) is 472 Å². The van der Waals surface area contributed by atoms with Crippen LogP contribution in [-0.2, 0) is 65.4 Å². The number of hydrogen-bond donors (Lipinski definition) is 3. The standard InChI is InChI=1S/C88H172O17P2/c1-7-11-13-15-17-19-21-23-24-25-26-27-36-42-48-54-60-66-72-87(92)104-83(76-98-85(90)70-64-58-52-46-40-32-22-20-18-16-14-12-8-2)78-102-106(94,95)100-74-82(89)75-101-107(96,97)103-79-84(105-88(93)73-67-61-55-49-43-37-31-29-34-39-45-51-57-63-69-81(6)10-4)77-99-86(91)71-65-59-53-47-41-35-30-28-33-38-44-50-56-62-68-80(5)9-3/h80-84,89H,7-79H2,1-6H3,(H,94,95)(H,96,97)/t80?,81?,82-,83+,84+/m0/s1. The molecule has 0 rings (SSSR count). The Hall–Kier alpha value is -1.94. The fraction of sp³-hybridized carbons (Fsp3) is 0.955. The minimum Gasteiger partial charge on any atom is -0.462 e. The molecule has 0 saturated heterocycles. The number of hydrogen-bond acceptors (Lipinski definition) is 15. The second-order valence-corrected chi connectivity index (χ2v) is 35.0. The topological polar surface area (TPSA) is 237 Å². The van der Waals surface area contributed by atoms with Gasteiger partial charge < -0.3 is 33.8 Å². The van der Waals surface area contributed by atoms with Gasteiger partial charge in [0.25, 0.3) is 0 Å². The van der Waals surface area contributed by atoms with Gasteiger partial charge in [-0.05, 0) is 37.5 Å². The second kappa shape index (κ2) is 79.3. The van der Waals surface area contributed by atoms with Crippen LogP contribution in [0.3, 0.4) is 0 Å². The first-order valence-electron chi connectivity index (χ1n) is 45.6. The molecular formula is C88H172O17P2. The molecule has 0 aliphatic rings. The molecule has 3 N–H and O–H groups in total. The first-order valence-corrected chi connectivity index (χ1v) is 48.6. The van der Waals surface area contributed by atoms with Crippen LogP contribution < -0.4 is 0 Å². The van der Waals surface area contributed by atoms with Gasteiger partial charge >= 0.3 is 39.5 Å². The molecule has 0 bridgehead atoms. The Bertz CT molecular complexity index is 2050. The third-order valence-electron chi connectivity index (χ3n) is 21.4. The molecule has 19 heteroatoms. The minimum atomic E-state index is -4.97. The molecule has 0 aromatic heterocycles. The molecule has 0 amide bonds. The summed E-state index contributed by atoms with van der Waals surface area (Å²) < 4.78 is 69.0. The van der Waals surface area contributed by atoms with Crippen molar-refractivity contribution in [2.75, 3.05) is 39.6 Å². The maximum absolute atomic E-state index is 13.2. The number of esters is 4. The summed E-state index contributed by atoms with van der Waals surface area (Å²) in [5, 5.41) is 10.7. The Kier molecular flexibility index (Phi) is 77.9. The molecule has 0 aromatic rings. The van der Waals surface area contributed by atoms with Crippen molar-refractivity contribution in [1.29, 1.82) is 0 Å². The lowest BCUT2D eigenvalue weighted by atomic mass is 9.99. The molecule has 0 aliphatic carbocycles. The van der Waals surface area contributed by atoms with E-state index in [0.29, 0.717) is 25.7 Å². The van der Waals surface area contributed by atoms with E-state index in [4.69, 9.17) is 37.0 Å². The highest BCUT2D eigenvalue weighted by molar-refractivity contribution is 7.47. The summed E-state index contributed by atoms with van der Waals surface area (Å²) >= 11 is 0. The van der Waals surface area contributed by atoms with E-state index >= 15 is 0 Å². The molecule has 0 radical (unpaired) electrons. The van der Waals surface area contributed by atoms with Gasteiger partial charge in [-0.25, -0.2) is 9.13 Å². The molecule has 4 unspecified atom stereocenters. The van der Waals surface area contributed by atoms with Crippen LogP contribution >= 0.6 is 15.6 Å². The van der Waals surface area contributed by atoms with E-state index in [-0.39, 0.29) is 25.7 Å². The van der Waals surface area contributed by atoms with Crippen LogP contribution in [0.5, 0.6) is 0 Å². The van der Waals surface area contributed by atoms with E-state index in [1.807, 2.05) is 0 Å². The zero-order valence-electron chi connectivity index (χ0n) is 70.5. The summed E-state index contributed by atoms with van der Waals surface area (Å²) in [6.45, 7) is 9.80. The number of aliphatic hydroxyl groups is 1. The number of carbonyl (C=O) groups excluding carboxylic acids is 4. The van der Waals surface area contributed by atoms with Crippen LogP contribution in [0.15, 0.2) is 0 Å². The predicted molar refractivity (Wildman–Crippen MR) is 442 cm³/mol. The van der Waals surface area contributed by atoms with E-state index in [9.17, 15) is 43.2 Å². The largest absolute Gasteiger partial charge is 0.472 e. The lowest BCUT2D eigenvalue weighted by molar-refractivity contribution is -0.161. The van der Waals surface area contributed by atoms with Gasteiger partial charge in [-0.3, -0.25) is 37.3 Å². The van der Waals surface area contributed by atoms with Crippen molar-refractivity contribution in [3.8, 4) is 0 Å².